The molecule has 168 valence electrons. The first-order valence-corrected chi connectivity index (χ1v) is 11.9. The lowest BCUT2D eigenvalue weighted by atomic mass is 10.1. The summed E-state index contributed by atoms with van der Waals surface area (Å²) in [6.07, 6.45) is 0.236. The molecule has 0 spiro atoms. The van der Waals surface area contributed by atoms with Gasteiger partial charge in [0.15, 0.2) is 0 Å². The monoisotopic (exact) mass is 470 g/mol. The molecular formula is C24H27ClN4O2S. The third-order valence-corrected chi connectivity index (χ3v) is 6.45. The summed E-state index contributed by atoms with van der Waals surface area (Å²) in [5, 5.41) is 6.41. The molecule has 0 radical (unpaired) electrons. The molecule has 1 saturated heterocycles. The summed E-state index contributed by atoms with van der Waals surface area (Å²) in [5.41, 5.74) is 2.78. The average molecular weight is 471 g/mol. The van der Waals surface area contributed by atoms with Gasteiger partial charge in [0.1, 0.15) is 17.4 Å². The second-order valence-electron chi connectivity index (χ2n) is 7.98. The molecule has 1 aliphatic rings. The van der Waals surface area contributed by atoms with Crippen molar-refractivity contribution >= 4 is 34.5 Å². The maximum absolute atomic E-state index is 12.5. The highest BCUT2D eigenvalue weighted by atomic mass is 35.5. The van der Waals surface area contributed by atoms with Crippen LogP contribution in [0.4, 0.5) is 5.69 Å². The highest BCUT2D eigenvalue weighted by Gasteiger charge is 2.14. The van der Waals surface area contributed by atoms with Crippen molar-refractivity contribution in [3.8, 4) is 5.75 Å². The van der Waals surface area contributed by atoms with Crippen LogP contribution < -0.4 is 10.1 Å². The number of hydrogen-bond donors (Lipinski definition) is 1. The number of halogens is 1. The molecule has 32 heavy (non-hydrogen) atoms. The van der Waals surface area contributed by atoms with Gasteiger partial charge >= 0.3 is 0 Å². The van der Waals surface area contributed by atoms with Crippen LogP contribution in [0.1, 0.15) is 16.3 Å². The molecule has 1 N–H and O–H groups in total. The molecule has 1 aromatic heterocycles. The molecule has 2 heterocycles. The smallest absolute Gasteiger partial charge is 0.230 e. The molecule has 0 atom stereocenters. The number of ether oxygens (including phenoxy) is 1. The van der Waals surface area contributed by atoms with Gasteiger partial charge in [0.2, 0.25) is 5.91 Å². The first-order chi connectivity index (χ1) is 15.5. The van der Waals surface area contributed by atoms with Crippen LogP contribution in [0.25, 0.3) is 0 Å². The van der Waals surface area contributed by atoms with Gasteiger partial charge in [0, 0.05) is 48.8 Å². The summed E-state index contributed by atoms with van der Waals surface area (Å²) >= 11 is 7.38. The summed E-state index contributed by atoms with van der Waals surface area (Å²) in [4.78, 5) is 21.9. The van der Waals surface area contributed by atoms with Crippen molar-refractivity contribution in [1.29, 1.82) is 0 Å². The topological polar surface area (TPSA) is 57.7 Å². The van der Waals surface area contributed by atoms with Gasteiger partial charge < -0.3 is 15.0 Å². The number of aromatic nitrogens is 1. The predicted molar refractivity (Wildman–Crippen MR) is 129 cm³/mol. The first-order valence-electron chi connectivity index (χ1n) is 10.6. The number of carbonyl (C=O) groups is 1. The zero-order valence-electron chi connectivity index (χ0n) is 18.1. The quantitative estimate of drug-likeness (QED) is 0.531. The fraction of sp³-hybridized carbons (Fsp3) is 0.333. The Kier molecular flexibility index (Phi) is 7.76. The van der Waals surface area contributed by atoms with Gasteiger partial charge in [-0.1, -0.05) is 23.7 Å². The Hall–Kier alpha value is -2.45. The number of carbonyl (C=O) groups excluding carboxylic acids is 1. The minimum Gasteiger partial charge on any atom is -0.486 e. The fourth-order valence-corrected chi connectivity index (χ4v) is 4.38. The number of thiazole rings is 1. The molecule has 1 fully saturated rings. The van der Waals surface area contributed by atoms with Crippen LogP contribution in [-0.4, -0.2) is 53.9 Å². The van der Waals surface area contributed by atoms with E-state index in [0.717, 1.165) is 54.9 Å². The predicted octanol–water partition coefficient (Wildman–Crippen LogP) is 4.30. The second-order valence-corrected chi connectivity index (χ2v) is 9.36. The van der Waals surface area contributed by atoms with E-state index in [1.807, 2.05) is 29.6 Å². The number of amides is 1. The van der Waals surface area contributed by atoms with E-state index in [9.17, 15) is 4.79 Å². The van der Waals surface area contributed by atoms with Crippen molar-refractivity contribution in [1.82, 2.24) is 14.8 Å². The van der Waals surface area contributed by atoms with E-state index in [1.165, 1.54) is 16.9 Å². The van der Waals surface area contributed by atoms with Crippen molar-refractivity contribution < 1.29 is 9.53 Å². The van der Waals surface area contributed by atoms with E-state index in [0.29, 0.717) is 11.6 Å². The highest BCUT2D eigenvalue weighted by molar-refractivity contribution is 7.09. The van der Waals surface area contributed by atoms with Crippen molar-refractivity contribution in [3.63, 3.8) is 0 Å². The summed E-state index contributed by atoms with van der Waals surface area (Å²) in [5.74, 6) is 0.664. The Morgan fingerprint density at radius 3 is 2.72 bits per heavy atom. The van der Waals surface area contributed by atoms with E-state index >= 15 is 0 Å². The number of likely N-dealkylation sites (N-methyl/N-ethyl adjacent to an activating group) is 1. The fourth-order valence-electron chi connectivity index (χ4n) is 3.55. The summed E-state index contributed by atoms with van der Waals surface area (Å²) in [6, 6.07) is 15.3. The average Bonchev–Trinajstić information content (AvgIpc) is 3.22. The number of nitrogens with zero attached hydrogens (tertiary/aromatic N) is 3. The maximum atomic E-state index is 12.5. The number of nitrogens with one attached hydrogen (secondary N) is 1. The Bertz CT molecular complexity index is 1030. The summed E-state index contributed by atoms with van der Waals surface area (Å²) < 4.78 is 5.72. The van der Waals surface area contributed by atoms with Gasteiger partial charge in [-0.05, 0) is 49.0 Å². The molecule has 6 nitrogen and oxygen atoms in total. The van der Waals surface area contributed by atoms with Gasteiger partial charge in [-0.3, -0.25) is 9.69 Å². The lowest BCUT2D eigenvalue weighted by Gasteiger charge is -2.32. The third-order valence-electron chi connectivity index (χ3n) is 5.33. The standard InChI is InChI=1S/C24H27ClN4O2S/c1-28-9-11-29(12-10-28)15-18-3-2-4-20(13-18)26-23(30)14-21-17-32-24(27-21)16-31-22-7-5-19(25)6-8-22/h2-8,13,17H,9-12,14-16H2,1H3,(H,26,30). The van der Waals surface area contributed by atoms with Gasteiger partial charge in [-0.2, -0.15) is 0 Å². The lowest BCUT2D eigenvalue weighted by molar-refractivity contribution is -0.115. The molecule has 1 aliphatic heterocycles. The normalized spacial score (nSPS) is 14.9. The van der Waals surface area contributed by atoms with Gasteiger partial charge in [-0.15, -0.1) is 11.3 Å². The van der Waals surface area contributed by atoms with E-state index in [2.05, 4.69) is 39.3 Å². The number of benzene rings is 2. The Morgan fingerprint density at radius 2 is 1.94 bits per heavy atom. The van der Waals surface area contributed by atoms with E-state index in [1.54, 1.807) is 12.1 Å². The minimum absolute atomic E-state index is 0.0720. The van der Waals surface area contributed by atoms with Crippen LogP contribution in [0.15, 0.2) is 53.9 Å². The van der Waals surface area contributed by atoms with Crippen LogP contribution in [-0.2, 0) is 24.4 Å². The molecule has 8 heteroatoms. The number of hydrogen-bond acceptors (Lipinski definition) is 6. The molecule has 3 aromatic rings. The van der Waals surface area contributed by atoms with Crippen LogP contribution >= 0.6 is 22.9 Å². The van der Waals surface area contributed by atoms with Crippen LogP contribution in [0.3, 0.4) is 0 Å². The molecule has 0 bridgehead atoms. The van der Waals surface area contributed by atoms with E-state index in [4.69, 9.17) is 16.3 Å². The van der Waals surface area contributed by atoms with E-state index in [-0.39, 0.29) is 12.3 Å². The van der Waals surface area contributed by atoms with Gasteiger partial charge in [0.05, 0.1) is 12.1 Å². The summed E-state index contributed by atoms with van der Waals surface area (Å²) in [6.45, 7) is 5.60. The Morgan fingerprint density at radius 1 is 1.16 bits per heavy atom. The third kappa shape index (κ3) is 6.77. The first kappa shape index (κ1) is 22.7. The Labute approximate surface area is 197 Å². The molecule has 2 aromatic carbocycles. The van der Waals surface area contributed by atoms with Crippen molar-refractivity contribution in [2.24, 2.45) is 0 Å². The lowest BCUT2D eigenvalue weighted by Crippen LogP contribution is -2.43. The molecule has 0 unspecified atom stereocenters. The molecule has 0 aliphatic carbocycles. The zero-order valence-corrected chi connectivity index (χ0v) is 19.7. The highest BCUT2D eigenvalue weighted by Crippen LogP contribution is 2.19. The van der Waals surface area contributed by atoms with Crippen molar-refractivity contribution in [2.45, 2.75) is 19.6 Å². The Balaban J connectivity index is 1.26. The van der Waals surface area contributed by atoms with Crippen LogP contribution in [0, 0.1) is 0 Å². The van der Waals surface area contributed by atoms with Crippen molar-refractivity contribution in [2.75, 3.05) is 38.5 Å². The number of piperazine rings is 1. The van der Waals surface area contributed by atoms with Crippen LogP contribution in [0.2, 0.25) is 5.02 Å². The molecular weight excluding hydrogens is 444 g/mol. The van der Waals surface area contributed by atoms with E-state index < -0.39 is 0 Å². The maximum Gasteiger partial charge on any atom is 0.230 e. The number of rotatable bonds is 8. The molecule has 0 saturated carbocycles. The minimum atomic E-state index is -0.0720. The molecule has 4 rings (SSSR count). The van der Waals surface area contributed by atoms with Gasteiger partial charge in [-0.25, -0.2) is 4.98 Å². The largest absolute Gasteiger partial charge is 0.486 e. The number of anilines is 1. The van der Waals surface area contributed by atoms with Crippen LogP contribution in [0.5, 0.6) is 5.75 Å². The zero-order chi connectivity index (χ0) is 22.3. The second kappa shape index (κ2) is 10.9. The summed E-state index contributed by atoms with van der Waals surface area (Å²) in [7, 11) is 2.16. The van der Waals surface area contributed by atoms with Crippen molar-refractivity contribution in [3.05, 3.63) is 75.2 Å². The molecule has 1 amide bonds. The SMILES string of the molecule is CN1CCN(Cc2cccc(NC(=O)Cc3csc(COc4ccc(Cl)cc4)n3)c2)CC1. The van der Waals surface area contributed by atoms with Gasteiger partial charge in [0.25, 0.3) is 0 Å².